The molecule has 1 aromatic heterocycles. The summed E-state index contributed by atoms with van der Waals surface area (Å²) in [6.45, 7) is 0.132. The van der Waals surface area contributed by atoms with Crippen molar-refractivity contribution in [1.82, 2.24) is 5.32 Å². The fourth-order valence-electron chi connectivity index (χ4n) is 1.50. The Kier molecular flexibility index (Phi) is 3.12. The molecule has 6 nitrogen and oxygen atoms in total. The first-order valence-corrected chi connectivity index (χ1v) is 5.20. The van der Waals surface area contributed by atoms with Gasteiger partial charge in [-0.1, -0.05) is 5.11 Å². The molecule has 1 heterocycles. The smallest absolute Gasteiger partial charge is 0.287 e. The van der Waals surface area contributed by atoms with Gasteiger partial charge >= 0.3 is 0 Å². The number of nitrogens with one attached hydrogen (secondary N) is 1. The summed E-state index contributed by atoms with van der Waals surface area (Å²) in [4.78, 5) is 14.2. The number of hydrogen-bond acceptors (Lipinski definition) is 3. The van der Waals surface area contributed by atoms with Gasteiger partial charge in [-0.25, -0.2) is 0 Å². The quantitative estimate of drug-likeness (QED) is 0.479. The molecule has 1 aliphatic rings. The maximum atomic E-state index is 11.6. The largest absolute Gasteiger partial charge is 0.456 e. The highest BCUT2D eigenvalue weighted by Gasteiger charge is 2.21. The minimum Gasteiger partial charge on any atom is -0.456 e. The fourth-order valence-corrected chi connectivity index (χ4v) is 1.50. The Morgan fingerprint density at radius 3 is 3.06 bits per heavy atom. The van der Waals surface area contributed by atoms with Gasteiger partial charge in [0.25, 0.3) is 5.91 Å². The van der Waals surface area contributed by atoms with Crippen LogP contribution in [0.3, 0.4) is 0 Å². The second kappa shape index (κ2) is 4.72. The van der Waals surface area contributed by atoms with E-state index >= 15 is 0 Å². The van der Waals surface area contributed by atoms with Gasteiger partial charge in [0.2, 0.25) is 0 Å². The number of carbonyl (C=O) groups is 1. The molecule has 6 heteroatoms. The summed E-state index contributed by atoms with van der Waals surface area (Å²) in [5, 5.41) is 6.22. The van der Waals surface area contributed by atoms with Gasteiger partial charge in [0.15, 0.2) is 5.76 Å². The Morgan fingerprint density at radius 1 is 1.62 bits per heavy atom. The first-order chi connectivity index (χ1) is 7.79. The molecule has 0 spiro atoms. The SMILES string of the molecule is [N-]=[N+]=NCc1ccc(C(=O)NC2CCC2)o1. The average molecular weight is 220 g/mol. The van der Waals surface area contributed by atoms with Gasteiger partial charge < -0.3 is 9.73 Å². The van der Waals surface area contributed by atoms with Gasteiger partial charge in [0, 0.05) is 11.0 Å². The van der Waals surface area contributed by atoms with Crippen molar-refractivity contribution in [3.8, 4) is 0 Å². The van der Waals surface area contributed by atoms with E-state index in [-0.39, 0.29) is 24.3 Å². The highest BCUT2D eigenvalue weighted by atomic mass is 16.4. The molecule has 1 amide bonds. The van der Waals surface area contributed by atoms with Crippen LogP contribution in [0.25, 0.3) is 10.4 Å². The van der Waals surface area contributed by atoms with Crippen molar-refractivity contribution < 1.29 is 9.21 Å². The molecule has 0 atom stereocenters. The molecule has 0 radical (unpaired) electrons. The van der Waals surface area contributed by atoms with Crippen molar-refractivity contribution in [2.75, 3.05) is 0 Å². The summed E-state index contributed by atoms with van der Waals surface area (Å²) in [7, 11) is 0. The lowest BCUT2D eigenvalue weighted by Gasteiger charge is -2.25. The summed E-state index contributed by atoms with van der Waals surface area (Å²) in [5.41, 5.74) is 8.14. The summed E-state index contributed by atoms with van der Waals surface area (Å²) < 4.78 is 5.24. The van der Waals surface area contributed by atoms with Gasteiger partial charge in [-0.3, -0.25) is 4.79 Å². The van der Waals surface area contributed by atoms with Gasteiger partial charge in [0.1, 0.15) is 5.76 Å². The Bertz CT molecular complexity index is 430. The van der Waals surface area contributed by atoms with Gasteiger partial charge in [0.05, 0.1) is 6.54 Å². The molecule has 1 aliphatic carbocycles. The van der Waals surface area contributed by atoms with E-state index in [4.69, 9.17) is 9.95 Å². The second-order valence-corrected chi connectivity index (χ2v) is 3.76. The molecule has 1 saturated carbocycles. The zero-order valence-electron chi connectivity index (χ0n) is 8.72. The number of hydrogen-bond donors (Lipinski definition) is 1. The molecule has 0 aliphatic heterocycles. The molecule has 1 N–H and O–H groups in total. The Labute approximate surface area is 92.3 Å². The third-order valence-electron chi connectivity index (χ3n) is 2.62. The molecule has 84 valence electrons. The molecular formula is C10H12N4O2. The zero-order valence-corrected chi connectivity index (χ0v) is 8.72. The second-order valence-electron chi connectivity index (χ2n) is 3.76. The van der Waals surface area contributed by atoms with E-state index in [0.717, 1.165) is 12.8 Å². The van der Waals surface area contributed by atoms with Crippen LogP contribution in [-0.4, -0.2) is 11.9 Å². The average Bonchev–Trinajstić information content (AvgIpc) is 2.69. The standard InChI is InChI=1S/C10H12N4O2/c11-14-12-6-8-4-5-9(16-8)10(15)13-7-2-1-3-7/h4-5,7H,1-3,6H2,(H,13,15). The lowest BCUT2D eigenvalue weighted by molar-refractivity contribution is 0.0887. The first-order valence-electron chi connectivity index (χ1n) is 5.20. The Morgan fingerprint density at radius 2 is 2.44 bits per heavy atom. The molecule has 0 unspecified atom stereocenters. The number of azide groups is 1. The normalized spacial score (nSPS) is 15.0. The van der Waals surface area contributed by atoms with Crippen LogP contribution < -0.4 is 5.32 Å². The molecule has 1 fully saturated rings. The number of carbonyl (C=O) groups excluding carboxylic acids is 1. The van der Waals surface area contributed by atoms with Gasteiger partial charge in [-0.2, -0.15) is 0 Å². The lowest BCUT2D eigenvalue weighted by atomic mass is 9.93. The van der Waals surface area contributed by atoms with E-state index < -0.39 is 0 Å². The molecule has 0 saturated heterocycles. The highest BCUT2D eigenvalue weighted by molar-refractivity contribution is 5.91. The molecule has 2 rings (SSSR count). The van der Waals surface area contributed by atoms with Crippen molar-refractivity contribution in [3.05, 3.63) is 34.1 Å². The van der Waals surface area contributed by atoms with Gasteiger partial charge in [-0.05, 0) is 36.9 Å². The van der Waals surface area contributed by atoms with Crippen LogP contribution in [0.15, 0.2) is 21.7 Å². The molecule has 1 aromatic rings. The van der Waals surface area contributed by atoms with Crippen molar-refractivity contribution in [3.63, 3.8) is 0 Å². The van der Waals surface area contributed by atoms with Crippen LogP contribution in [0.1, 0.15) is 35.6 Å². The third-order valence-corrected chi connectivity index (χ3v) is 2.62. The molecule has 16 heavy (non-hydrogen) atoms. The van der Waals surface area contributed by atoms with Crippen molar-refractivity contribution in [1.29, 1.82) is 0 Å². The number of furan rings is 1. The minimum atomic E-state index is -0.197. The topological polar surface area (TPSA) is 91.0 Å². The Balaban J connectivity index is 1.94. The predicted octanol–water partition coefficient (Wildman–Crippen LogP) is 2.37. The molecular weight excluding hydrogens is 208 g/mol. The third kappa shape index (κ3) is 2.35. The maximum Gasteiger partial charge on any atom is 0.287 e. The Hall–Kier alpha value is -1.94. The molecule has 0 bridgehead atoms. The van der Waals surface area contributed by atoms with Crippen molar-refractivity contribution in [2.24, 2.45) is 5.11 Å². The number of nitrogens with zero attached hydrogens (tertiary/aromatic N) is 3. The van der Waals surface area contributed by atoms with Crippen LogP contribution in [0.4, 0.5) is 0 Å². The van der Waals surface area contributed by atoms with E-state index in [1.807, 2.05) is 0 Å². The van der Waals surface area contributed by atoms with Crippen LogP contribution in [0.5, 0.6) is 0 Å². The van der Waals surface area contributed by atoms with Crippen molar-refractivity contribution >= 4 is 5.91 Å². The zero-order chi connectivity index (χ0) is 11.4. The number of amides is 1. The van der Waals surface area contributed by atoms with Crippen LogP contribution in [0, 0.1) is 0 Å². The van der Waals surface area contributed by atoms with E-state index in [1.165, 1.54) is 6.42 Å². The van der Waals surface area contributed by atoms with E-state index in [9.17, 15) is 4.79 Å². The lowest BCUT2D eigenvalue weighted by Crippen LogP contribution is -2.39. The first kappa shape index (κ1) is 10.6. The minimum absolute atomic E-state index is 0.132. The summed E-state index contributed by atoms with van der Waals surface area (Å²) >= 11 is 0. The van der Waals surface area contributed by atoms with E-state index in [0.29, 0.717) is 5.76 Å². The summed E-state index contributed by atoms with van der Waals surface area (Å²) in [5.74, 6) is 0.573. The maximum absolute atomic E-state index is 11.6. The summed E-state index contributed by atoms with van der Waals surface area (Å²) in [6, 6.07) is 3.53. The highest BCUT2D eigenvalue weighted by Crippen LogP contribution is 2.19. The fraction of sp³-hybridized carbons (Fsp3) is 0.500. The number of rotatable bonds is 4. The molecule has 0 aromatic carbocycles. The van der Waals surface area contributed by atoms with Crippen molar-refractivity contribution in [2.45, 2.75) is 31.8 Å². The van der Waals surface area contributed by atoms with Gasteiger partial charge in [-0.15, -0.1) is 0 Å². The van der Waals surface area contributed by atoms with E-state index in [1.54, 1.807) is 12.1 Å². The van der Waals surface area contributed by atoms with Crippen LogP contribution in [0.2, 0.25) is 0 Å². The summed E-state index contributed by atoms with van der Waals surface area (Å²) in [6.07, 6.45) is 3.25. The van der Waals surface area contributed by atoms with Crippen LogP contribution in [-0.2, 0) is 6.54 Å². The monoisotopic (exact) mass is 220 g/mol. The van der Waals surface area contributed by atoms with Crippen LogP contribution >= 0.6 is 0 Å². The predicted molar refractivity (Wildman–Crippen MR) is 56.7 cm³/mol. The van der Waals surface area contributed by atoms with E-state index in [2.05, 4.69) is 15.3 Å².